The van der Waals surface area contributed by atoms with E-state index in [4.69, 9.17) is 0 Å². The third-order valence-corrected chi connectivity index (χ3v) is 7.30. The molecule has 0 aromatic heterocycles. The predicted molar refractivity (Wildman–Crippen MR) is 126 cm³/mol. The highest BCUT2D eigenvalue weighted by Gasteiger charge is 2.37. The number of fused-ring (bicyclic) bond motifs is 1. The van der Waals surface area contributed by atoms with Crippen LogP contribution in [0, 0.1) is 5.82 Å². The van der Waals surface area contributed by atoms with Crippen molar-refractivity contribution in [2.45, 2.75) is 25.8 Å². The summed E-state index contributed by atoms with van der Waals surface area (Å²) < 4.78 is 14.7. The molecule has 0 radical (unpaired) electrons. The summed E-state index contributed by atoms with van der Waals surface area (Å²) in [6, 6.07) is 12.9. The van der Waals surface area contributed by atoms with Crippen molar-refractivity contribution >= 4 is 40.6 Å². The molecule has 2 aromatic carbocycles. The fourth-order valence-corrected chi connectivity index (χ4v) is 5.36. The Morgan fingerprint density at radius 2 is 1.79 bits per heavy atom. The van der Waals surface area contributed by atoms with Gasteiger partial charge in [-0.1, -0.05) is 24.3 Å². The molecule has 3 aliphatic rings. The van der Waals surface area contributed by atoms with Gasteiger partial charge in [-0.05, 0) is 66.4 Å². The van der Waals surface area contributed by atoms with E-state index < -0.39 is 17.0 Å². The topological polar surface area (TPSA) is 60.9 Å². The summed E-state index contributed by atoms with van der Waals surface area (Å²) in [5.41, 5.74) is 3.37. The number of rotatable bonds is 4. The van der Waals surface area contributed by atoms with E-state index >= 15 is 0 Å². The van der Waals surface area contributed by atoms with Crippen LogP contribution in [0.2, 0.25) is 0 Å². The molecule has 2 saturated heterocycles. The van der Waals surface area contributed by atoms with Crippen LogP contribution < -0.4 is 4.90 Å². The molecule has 0 spiro atoms. The van der Waals surface area contributed by atoms with Gasteiger partial charge in [0.15, 0.2) is 0 Å². The van der Waals surface area contributed by atoms with Crippen molar-refractivity contribution in [3.05, 3.63) is 69.9 Å². The number of thioether (sulfide) groups is 1. The number of carbonyl (C=O) groups excluding carboxylic acids is 3. The zero-order valence-electron chi connectivity index (χ0n) is 18.1. The second kappa shape index (κ2) is 9.02. The first kappa shape index (κ1) is 21.7. The number of benzene rings is 2. The molecular formula is C25H24FN3O3S. The maximum Gasteiger partial charge on any atom is 0.294 e. The van der Waals surface area contributed by atoms with Crippen LogP contribution in [0.1, 0.15) is 29.5 Å². The minimum Gasteiger partial charge on any atom is -0.371 e. The van der Waals surface area contributed by atoms with Crippen LogP contribution in [0.3, 0.4) is 0 Å². The van der Waals surface area contributed by atoms with E-state index in [2.05, 4.69) is 11.0 Å². The normalized spacial score (nSPS) is 19.5. The number of hydrogen-bond donors (Lipinski definition) is 0. The number of halogens is 1. The first-order valence-corrected chi connectivity index (χ1v) is 12.0. The van der Waals surface area contributed by atoms with Gasteiger partial charge in [-0.2, -0.15) is 0 Å². The summed E-state index contributed by atoms with van der Waals surface area (Å²) in [6.07, 6.45) is 4.34. The molecular weight excluding hydrogens is 441 g/mol. The van der Waals surface area contributed by atoms with Crippen molar-refractivity contribution in [3.63, 3.8) is 0 Å². The maximum absolute atomic E-state index is 14.7. The van der Waals surface area contributed by atoms with Crippen molar-refractivity contribution in [2.75, 3.05) is 31.1 Å². The lowest BCUT2D eigenvalue weighted by Crippen LogP contribution is -2.44. The Kier molecular flexibility index (Phi) is 5.93. The average molecular weight is 466 g/mol. The lowest BCUT2D eigenvalue weighted by atomic mass is 10.00. The molecule has 6 nitrogen and oxygen atoms in total. The van der Waals surface area contributed by atoms with E-state index in [-0.39, 0.29) is 22.9 Å². The van der Waals surface area contributed by atoms with E-state index in [1.165, 1.54) is 17.7 Å². The van der Waals surface area contributed by atoms with Crippen molar-refractivity contribution in [2.24, 2.45) is 0 Å². The number of amides is 3. The Bertz CT molecular complexity index is 1160. The van der Waals surface area contributed by atoms with Crippen LogP contribution in [0.15, 0.2) is 47.4 Å². The lowest BCUT2D eigenvalue weighted by Gasteiger charge is -2.29. The third-order valence-electron chi connectivity index (χ3n) is 6.39. The fourth-order valence-electron chi connectivity index (χ4n) is 4.53. The number of nitrogens with zero attached hydrogens (tertiary/aromatic N) is 3. The number of anilines is 1. The van der Waals surface area contributed by atoms with Crippen molar-refractivity contribution < 1.29 is 18.8 Å². The molecule has 8 heteroatoms. The van der Waals surface area contributed by atoms with Gasteiger partial charge in [-0.3, -0.25) is 19.3 Å². The Morgan fingerprint density at radius 3 is 2.55 bits per heavy atom. The van der Waals surface area contributed by atoms with Crippen LogP contribution in [0.25, 0.3) is 6.08 Å². The van der Waals surface area contributed by atoms with Crippen LogP contribution in [-0.4, -0.2) is 53.0 Å². The van der Waals surface area contributed by atoms with Crippen LogP contribution in [0.5, 0.6) is 0 Å². The lowest BCUT2D eigenvalue weighted by molar-refractivity contribution is -0.136. The Labute approximate surface area is 196 Å². The number of carbonyl (C=O) groups is 3. The molecule has 2 aromatic rings. The monoisotopic (exact) mass is 465 g/mol. The van der Waals surface area contributed by atoms with Crippen molar-refractivity contribution in [1.82, 2.24) is 9.80 Å². The third kappa shape index (κ3) is 4.39. The second-order valence-electron chi connectivity index (χ2n) is 8.50. The standard InChI is InChI=1S/C25H24FN3O3S/c26-21-14-20(27-10-3-4-11-27)8-7-18(21)13-22-24(31)29(25(32)33-22)16-23(30)28-12-9-17-5-1-2-6-19(17)15-28/h1-2,5-8,13-14H,3-4,9-12,15-16H2/b22-13-. The van der Waals surface area contributed by atoms with E-state index in [1.54, 1.807) is 11.0 Å². The van der Waals surface area contributed by atoms with Gasteiger partial charge >= 0.3 is 0 Å². The summed E-state index contributed by atoms with van der Waals surface area (Å²) in [5, 5.41) is -0.508. The summed E-state index contributed by atoms with van der Waals surface area (Å²) >= 11 is 0.743. The molecule has 0 unspecified atom stereocenters. The molecule has 3 amide bonds. The van der Waals surface area contributed by atoms with Gasteiger partial charge < -0.3 is 9.80 Å². The van der Waals surface area contributed by atoms with Gasteiger partial charge in [0.1, 0.15) is 12.4 Å². The summed E-state index contributed by atoms with van der Waals surface area (Å²) in [4.78, 5) is 43.0. The highest BCUT2D eigenvalue weighted by atomic mass is 32.2. The fraction of sp³-hybridized carbons (Fsp3) is 0.320. The predicted octanol–water partition coefficient (Wildman–Crippen LogP) is 4.05. The van der Waals surface area contributed by atoms with Gasteiger partial charge in [0.25, 0.3) is 11.1 Å². The molecule has 3 aliphatic heterocycles. The quantitative estimate of drug-likeness (QED) is 0.638. The molecule has 0 aliphatic carbocycles. The molecule has 170 valence electrons. The summed E-state index contributed by atoms with van der Waals surface area (Å²) in [5.74, 6) is -1.26. The van der Waals surface area contributed by atoms with Crippen molar-refractivity contribution in [1.29, 1.82) is 0 Å². The minimum atomic E-state index is -0.557. The van der Waals surface area contributed by atoms with E-state index in [9.17, 15) is 18.8 Å². The van der Waals surface area contributed by atoms with Gasteiger partial charge in [0.2, 0.25) is 5.91 Å². The zero-order chi connectivity index (χ0) is 22.9. The van der Waals surface area contributed by atoms with E-state index in [0.717, 1.165) is 60.3 Å². The first-order chi connectivity index (χ1) is 16.0. The average Bonchev–Trinajstić information content (AvgIpc) is 3.45. The van der Waals surface area contributed by atoms with Crippen LogP contribution in [0.4, 0.5) is 14.9 Å². The smallest absolute Gasteiger partial charge is 0.294 e. The maximum atomic E-state index is 14.7. The molecule has 0 N–H and O–H groups in total. The molecule has 3 heterocycles. The van der Waals surface area contributed by atoms with Crippen molar-refractivity contribution in [3.8, 4) is 0 Å². The van der Waals surface area contributed by atoms with E-state index in [0.29, 0.717) is 13.1 Å². The highest BCUT2D eigenvalue weighted by Crippen LogP contribution is 2.33. The Balaban J connectivity index is 1.27. The Morgan fingerprint density at radius 1 is 1.03 bits per heavy atom. The summed E-state index contributed by atoms with van der Waals surface area (Å²) in [6.45, 7) is 2.54. The first-order valence-electron chi connectivity index (χ1n) is 11.1. The van der Waals surface area contributed by atoms with Gasteiger partial charge in [-0.15, -0.1) is 0 Å². The SMILES string of the molecule is O=C(CN1C(=O)S/C(=C\c2ccc(N3CCCC3)cc2F)C1=O)N1CCc2ccccc2C1. The number of imide groups is 1. The molecule has 33 heavy (non-hydrogen) atoms. The minimum absolute atomic E-state index is 0.129. The van der Waals surface area contributed by atoms with Gasteiger partial charge in [0, 0.05) is 37.4 Å². The highest BCUT2D eigenvalue weighted by molar-refractivity contribution is 8.18. The zero-order valence-corrected chi connectivity index (χ0v) is 18.9. The molecule has 2 fully saturated rings. The molecule has 5 rings (SSSR count). The van der Waals surface area contributed by atoms with Gasteiger partial charge in [-0.25, -0.2) is 4.39 Å². The Hall–Kier alpha value is -3.13. The van der Waals surface area contributed by atoms with Crippen LogP contribution in [-0.2, 0) is 22.6 Å². The molecule has 0 bridgehead atoms. The molecule has 0 atom stereocenters. The molecule has 0 saturated carbocycles. The van der Waals surface area contributed by atoms with E-state index in [1.807, 2.05) is 24.3 Å². The second-order valence-corrected chi connectivity index (χ2v) is 9.50. The van der Waals surface area contributed by atoms with Gasteiger partial charge in [0.05, 0.1) is 4.91 Å². The van der Waals surface area contributed by atoms with Crippen LogP contribution >= 0.6 is 11.8 Å². The number of hydrogen-bond acceptors (Lipinski definition) is 5. The largest absolute Gasteiger partial charge is 0.371 e. The summed E-state index contributed by atoms with van der Waals surface area (Å²) in [7, 11) is 0.